The summed E-state index contributed by atoms with van der Waals surface area (Å²) in [6.07, 6.45) is 2.16. The molecule has 14 heavy (non-hydrogen) atoms. The number of alkyl halides is 1. The highest BCUT2D eigenvalue weighted by atomic mass is 79.9. The van der Waals surface area contributed by atoms with Crippen LogP contribution in [0.4, 0.5) is 0 Å². The zero-order valence-electron chi connectivity index (χ0n) is 9.02. The molecule has 1 aliphatic heterocycles. The summed E-state index contributed by atoms with van der Waals surface area (Å²) in [4.78, 5) is 12.0. The molecule has 1 amide bonds. The number of carbonyl (C=O) groups is 1. The van der Waals surface area contributed by atoms with Crippen molar-refractivity contribution in [1.82, 2.24) is 5.32 Å². The molecular formula is C10H18BrNOS. The second kappa shape index (κ2) is 4.44. The predicted molar refractivity (Wildman–Crippen MR) is 66.1 cm³/mol. The Morgan fingerprint density at radius 1 is 1.64 bits per heavy atom. The van der Waals surface area contributed by atoms with Crippen molar-refractivity contribution in [2.75, 3.05) is 11.1 Å². The van der Waals surface area contributed by atoms with Gasteiger partial charge in [-0.3, -0.25) is 4.79 Å². The molecule has 1 atom stereocenters. The van der Waals surface area contributed by atoms with Crippen molar-refractivity contribution in [2.45, 2.75) is 43.9 Å². The van der Waals surface area contributed by atoms with Crippen LogP contribution in [0.1, 0.15) is 33.6 Å². The Kier molecular flexibility index (Phi) is 3.92. The smallest absolute Gasteiger partial charge is 0.236 e. The average molecular weight is 280 g/mol. The molecular weight excluding hydrogens is 262 g/mol. The number of hydrogen-bond acceptors (Lipinski definition) is 2. The molecule has 1 saturated heterocycles. The lowest BCUT2D eigenvalue weighted by molar-refractivity contribution is -0.124. The molecule has 1 fully saturated rings. The Labute approximate surface area is 98.7 Å². The Hall–Kier alpha value is 0.300. The molecule has 0 bridgehead atoms. The van der Waals surface area contributed by atoms with E-state index >= 15 is 0 Å². The van der Waals surface area contributed by atoms with Gasteiger partial charge in [-0.2, -0.15) is 0 Å². The van der Waals surface area contributed by atoms with Crippen molar-refractivity contribution in [2.24, 2.45) is 0 Å². The Morgan fingerprint density at radius 3 is 2.71 bits per heavy atom. The van der Waals surface area contributed by atoms with Gasteiger partial charge in [0, 0.05) is 10.9 Å². The molecule has 1 heterocycles. The molecule has 0 aromatic rings. The fourth-order valence-electron chi connectivity index (χ4n) is 1.43. The normalized spacial score (nSPS) is 27.7. The Bertz CT molecular complexity index is 224. The van der Waals surface area contributed by atoms with Crippen LogP contribution in [0.5, 0.6) is 0 Å². The summed E-state index contributed by atoms with van der Waals surface area (Å²) in [7, 11) is 0. The molecule has 0 aromatic heterocycles. The van der Waals surface area contributed by atoms with Gasteiger partial charge in [-0.1, -0.05) is 15.9 Å². The van der Waals surface area contributed by atoms with Gasteiger partial charge in [-0.15, -0.1) is 11.8 Å². The van der Waals surface area contributed by atoms with Gasteiger partial charge in [0.05, 0.1) is 4.75 Å². The zero-order chi connectivity index (χ0) is 10.8. The van der Waals surface area contributed by atoms with Crippen molar-refractivity contribution in [1.29, 1.82) is 0 Å². The van der Waals surface area contributed by atoms with E-state index in [2.05, 4.69) is 21.2 Å². The van der Waals surface area contributed by atoms with Crippen LogP contribution in [-0.4, -0.2) is 27.3 Å². The largest absolute Gasteiger partial charge is 0.349 e. The fourth-order valence-corrected chi connectivity index (χ4v) is 2.78. The van der Waals surface area contributed by atoms with Crippen molar-refractivity contribution in [3.8, 4) is 0 Å². The molecule has 2 nitrogen and oxygen atoms in total. The average Bonchev–Trinajstić information content (AvgIpc) is 2.53. The minimum atomic E-state index is -0.195. The highest BCUT2D eigenvalue weighted by molar-refractivity contribution is 9.09. The summed E-state index contributed by atoms with van der Waals surface area (Å²) in [5, 5.41) is 3.87. The molecule has 4 heteroatoms. The summed E-state index contributed by atoms with van der Waals surface area (Å²) in [5.74, 6) is 1.29. The topological polar surface area (TPSA) is 29.1 Å². The number of rotatable bonds is 3. The molecule has 0 aliphatic carbocycles. The van der Waals surface area contributed by atoms with Crippen LogP contribution < -0.4 is 5.32 Å². The SMILES string of the molecule is CC(C)(CBr)NC(=O)C1(C)CCCS1. The number of hydrogen-bond donors (Lipinski definition) is 1. The molecule has 1 aliphatic rings. The van der Waals surface area contributed by atoms with Crippen molar-refractivity contribution >= 4 is 33.6 Å². The predicted octanol–water partition coefficient (Wildman–Crippen LogP) is 2.56. The van der Waals surface area contributed by atoms with E-state index in [4.69, 9.17) is 0 Å². The summed E-state index contributed by atoms with van der Waals surface area (Å²) >= 11 is 5.18. The van der Waals surface area contributed by atoms with E-state index in [1.54, 1.807) is 11.8 Å². The van der Waals surface area contributed by atoms with Gasteiger partial charge in [0.2, 0.25) is 5.91 Å². The lowest BCUT2D eigenvalue weighted by Crippen LogP contribution is -2.51. The third-order valence-electron chi connectivity index (χ3n) is 2.49. The second-order valence-corrected chi connectivity index (χ2v) is 6.81. The van der Waals surface area contributed by atoms with Crippen molar-refractivity contribution in [3.63, 3.8) is 0 Å². The zero-order valence-corrected chi connectivity index (χ0v) is 11.4. The van der Waals surface area contributed by atoms with Crippen LogP contribution in [0.15, 0.2) is 0 Å². The molecule has 0 spiro atoms. The molecule has 0 saturated carbocycles. The monoisotopic (exact) mass is 279 g/mol. The lowest BCUT2D eigenvalue weighted by atomic mass is 10.0. The first-order chi connectivity index (χ1) is 6.40. The summed E-state index contributed by atoms with van der Waals surface area (Å²) < 4.78 is -0.195. The number of amides is 1. The third-order valence-corrected chi connectivity index (χ3v) is 5.41. The van der Waals surface area contributed by atoms with Crippen LogP contribution in [0, 0.1) is 0 Å². The Morgan fingerprint density at radius 2 is 2.29 bits per heavy atom. The first kappa shape index (κ1) is 12.4. The van der Waals surface area contributed by atoms with Crippen molar-refractivity contribution in [3.05, 3.63) is 0 Å². The second-order valence-electron chi connectivity index (χ2n) is 4.65. The summed E-state index contributed by atoms with van der Waals surface area (Å²) in [5.41, 5.74) is -0.150. The molecule has 1 unspecified atom stereocenters. The maximum absolute atomic E-state index is 12.0. The van der Waals surface area contributed by atoms with Gasteiger partial charge in [0.25, 0.3) is 0 Å². The third kappa shape index (κ3) is 2.89. The lowest BCUT2D eigenvalue weighted by Gasteiger charge is -2.30. The van der Waals surface area contributed by atoms with Crippen LogP contribution in [0.2, 0.25) is 0 Å². The highest BCUT2D eigenvalue weighted by Crippen LogP contribution is 2.38. The molecule has 1 rings (SSSR count). The number of halogens is 1. The summed E-state index contributed by atoms with van der Waals surface area (Å²) in [6, 6.07) is 0. The minimum Gasteiger partial charge on any atom is -0.349 e. The quantitative estimate of drug-likeness (QED) is 0.805. The molecule has 0 radical (unpaired) electrons. The van der Waals surface area contributed by atoms with Gasteiger partial charge in [0.1, 0.15) is 0 Å². The summed E-state index contributed by atoms with van der Waals surface area (Å²) in [6.45, 7) is 6.11. The first-order valence-electron chi connectivity index (χ1n) is 4.92. The number of carbonyl (C=O) groups excluding carboxylic acids is 1. The van der Waals surface area contributed by atoms with Gasteiger partial charge in [0.15, 0.2) is 0 Å². The fraction of sp³-hybridized carbons (Fsp3) is 0.900. The maximum Gasteiger partial charge on any atom is 0.236 e. The number of thioether (sulfide) groups is 1. The molecule has 0 aromatic carbocycles. The van der Waals surface area contributed by atoms with Crippen molar-refractivity contribution < 1.29 is 4.79 Å². The highest BCUT2D eigenvalue weighted by Gasteiger charge is 2.38. The van der Waals surface area contributed by atoms with Crippen LogP contribution in [0.25, 0.3) is 0 Å². The van der Waals surface area contributed by atoms with E-state index in [1.807, 2.05) is 20.8 Å². The van der Waals surface area contributed by atoms with E-state index in [1.165, 1.54) is 0 Å². The molecule has 1 N–H and O–H groups in total. The van der Waals surface area contributed by atoms with E-state index in [0.29, 0.717) is 0 Å². The van der Waals surface area contributed by atoms with E-state index in [-0.39, 0.29) is 16.2 Å². The standard InChI is InChI=1S/C10H18BrNOS/c1-9(2,7-11)12-8(13)10(3)5-4-6-14-10/h4-7H2,1-3H3,(H,12,13). The van der Waals surface area contributed by atoms with Gasteiger partial charge >= 0.3 is 0 Å². The van der Waals surface area contributed by atoms with Crippen LogP contribution >= 0.6 is 27.7 Å². The van der Waals surface area contributed by atoms with E-state index in [0.717, 1.165) is 23.9 Å². The van der Waals surface area contributed by atoms with E-state index in [9.17, 15) is 4.79 Å². The maximum atomic E-state index is 12.0. The van der Waals surface area contributed by atoms with Gasteiger partial charge in [-0.05, 0) is 39.4 Å². The molecule has 82 valence electrons. The van der Waals surface area contributed by atoms with E-state index < -0.39 is 0 Å². The van der Waals surface area contributed by atoms with Gasteiger partial charge < -0.3 is 5.32 Å². The van der Waals surface area contributed by atoms with Gasteiger partial charge in [-0.25, -0.2) is 0 Å². The first-order valence-corrected chi connectivity index (χ1v) is 7.03. The van der Waals surface area contributed by atoms with Crippen LogP contribution in [-0.2, 0) is 4.79 Å². The van der Waals surface area contributed by atoms with Crippen LogP contribution in [0.3, 0.4) is 0 Å². The minimum absolute atomic E-state index is 0.150. The Balaban J connectivity index is 2.57. The number of nitrogens with one attached hydrogen (secondary N) is 1.